The van der Waals surface area contributed by atoms with Crippen LogP contribution in [0.2, 0.25) is 0 Å². The second-order valence-corrected chi connectivity index (χ2v) is 9.69. The highest BCUT2D eigenvalue weighted by atomic mass is 32.2. The molecule has 5 rings (SSSR count). The van der Waals surface area contributed by atoms with Crippen molar-refractivity contribution in [2.24, 2.45) is 0 Å². The summed E-state index contributed by atoms with van der Waals surface area (Å²) in [5.74, 6) is 0.963. The molecule has 8 nitrogen and oxygen atoms in total. The number of ether oxygens (including phenoxy) is 1. The molecular formula is C21H25N5O3S. The number of morpholine rings is 1. The Labute approximate surface area is 176 Å². The lowest BCUT2D eigenvalue weighted by Gasteiger charge is -2.29. The highest BCUT2D eigenvalue weighted by Gasteiger charge is 2.31. The van der Waals surface area contributed by atoms with E-state index in [-0.39, 0.29) is 5.92 Å². The smallest absolute Gasteiger partial charge is 0.243 e. The van der Waals surface area contributed by atoms with Gasteiger partial charge in [-0.1, -0.05) is 18.2 Å². The summed E-state index contributed by atoms with van der Waals surface area (Å²) in [6.07, 6.45) is 3.46. The van der Waals surface area contributed by atoms with Crippen LogP contribution in [0.5, 0.6) is 0 Å². The van der Waals surface area contributed by atoms with Crippen molar-refractivity contribution in [3.05, 3.63) is 54.5 Å². The molecule has 2 saturated heterocycles. The van der Waals surface area contributed by atoms with Gasteiger partial charge in [0, 0.05) is 32.1 Å². The van der Waals surface area contributed by atoms with Gasteiger partial charge < -0.3 is 9.64 Å². The van der Waals surface area contributed by atoms with Crippen molar-refractivity contribution < 1.29 is 13.2 Å². The number of nitrogens with zero attached hydrogens (tertiary/aromatic N) is 5. The van der Waals surface area contributed by atoms with Crippen molar-refractivity contribution in [1.29, 1.82) is 0 Å². The third kappa shape index (κ3) is 3.68. The van der Waals surface area contributed by atoms with E-state index < -0.39 is 10.0 Å². The molecule has 0 spiro atoms. The average molecular weight is 428 g/mol. The first-order valence-corrected chi connectivity index (χ1v) is 11.8. The number of benzene rings is 1. The van der Waals surface area contributed by atoms with Crippen LogP contribution in [0.1, 0.15) is 24.6 Å². The second-order valence-electron chi connectivity index (χ2n) is 7.75. The lowest BCUT2D eigenvalue weighted by Crippen LogP contribution is -2.38. The average Bonchev–Trinajstić information content (AvgIpc) is 3.24. The van der Waals surface area contributed by atoms with E-state index in [1.54, 1.807) is 28.6 Å². The molecule has 30 heavy (non-hydrogen) atoms. The Morgan fingerprint density at radius 2 is 1.67 bits per heavy atom. The Balaban J connectivity index is 1.30. The predicted octanol–water partition coefficient (Wildman–Crippen LogP) is 2.13. The zero-order valence-corrected chi connectivity index (χ0v) is 17.5. The maximum Gasteiger partial charge on any atom is 0.243 e. The SMILES string of the molecule is O=S(=O)(c1ccccc1)N1CCC(c2nc3ccc(N4CCOCC4)cn3n2)CC1. The summed E-state index contributed by atoms with van der Waals surface area (Å²) in [4.78, 5) is 7.35. The molecule has 1 aromatic carbocycles. The highest BCUT2D eigenvalue weighted by Crippen LogP contribution is 2.29. The molecule has 2 fully saturated rings. The van der Waals surface area contributed by atoms with Crippen LogP contribution in [0.15, 0.2) is 53.6 Å². The first kappa shape index (κ1) is 19.5. The number of hydrogen-bond donors (Lipinski definition) is 0. The maximum absolute atomic E-state index is 12.8. The highest BCUT2D eigenvalue weighted by molar-refractivity contribution is 7.89. The minimum Gasteiger partial charge on any atom is -0.378 e. The van der Waals surface area contributed by atoms with E-state index in [2.05, 4.69) is 11.0 Å². The van der Waals surface area contributed by atoms with Crippen LogP contribution in [0.3, 0.4) is 0 Å². The Morgan fingerprint density at radius 3 is 2.40 bits per heavy atom. The summed E-state index contributed by atoms with van der Waals surface area (Å²) in [6, 6.07) is 12.7. The number of aromatic nitrogens is 3. The van der Waals surface area contributed by atoms with Gasteiger partial charge in [0.2, 0.25) is 10.0 Å². The summed E-state index contributed by atoms with van der Waals surface area (Å²) in [6.45, 7) is 4.20. The van der Waals surface area contributed by atoms with Gasteiger partial charge in [0.25, 0.3) is 0 Å². The summed E-state index contributed by atoms with van der Waals surface area (Å²) in [7, 11) is -3.44. The number of hydrogen-bond acceptors (Lipinski definition) is 6. The summed E-state index contributed by atoms with van der Waals surface area (Å²) in [5, 5.41) is 4.72. The van der Waals surface area contributed by atoms with Crippen LogP contribution in [-0.4, -0.2) is 66.7 Å². The van der Waals surface area contributed by atoms with Gasteiger partial charge in [-0.25, -0.2) is 17.9 Å². The fourth-order valence-electron chi connectivity index (χ4n) is 4.17. The molecule has 158 valence electrons. The summed E-state index contributed by atoms with van der Waals surface area (Å²) < 4.78 is 34.5. The molecule has 0 aliphatic carbocycles. The van der Waals surface area contributed by atoms with Crippen LogP contribution in [0.25, 0.3) is 5.65 Å². The Kier molecular flexibility index (Phi) is 5.18. The topological polar surface area (TPSA) is 80.0 Å². The van der Waals surface area contributed by atoms with Gasteiger partial charge in [-0.15, -0.1) is 0 Å². The summed E-state index contributed by atoms with van der Waals surface area (Å²) in [5.41, 5.74) is 1.94. The van der Waals surface area contributed by atoms with E-state index in [1.165, 1.54) is 0 Å². The molecule has 2 aliphatic rings. The lowest BCUT2D eigenvalue weighted by atomic mass is 9.98. The monoisotopic (exact) mass is 427 g/mol. The van der Waals surface area contributed by atoms with Crippen molar-refractivity contribution in [3.8, 4) is 0 Å². The van der Waals surface area contributed by atoms with Gasteiger partial charge in [0.05, 0.1) is 30.0 Å². The van der Waals surface area contributed by atoms with Gasteiger partial charge in [-0.2, -0.15) is 9.40 Å². The molecule has 0 radical (unpaired) electrons. The second kappa shape index (κ2) is 7.98. The van der Waals surface area contributed by atoms with Gasteiger partial charge >= 0.3 is 0 Å². The molecule has 3 aromatic rings. The first-order valence-electron chi connectivity index (χ1n) is 10.4. The Hall–Kier alpha value is -2.49. The van der Waals surface area contributed by atoms with Crippen molar-refractivity contribution in [2.75, 3.05) is 44.3 Å². The molecule has 2 aromatic heterocycles. The number of rotatable bonds is 4. The van der Waals surface area contributed by atoms with E-state index in [9.17, 15) is 8.42 Å². The van der Waals surface area contributed by atoms with Crippen LogP contribution >= 0.6 is 0 Å². The number of fused-ring (bicyclic) bond motifs is 1. The van der Waals surface area contributed by atoms with Crippen molar-refractivity contribution >= 4 is 21.4 Å². The standard InChI is InChI=1S/C21H25N5O3S/c27-30(28,19-4-2-1-3-5-19)25-10-8-17(9-11-25)21-22-20-7-6-18(16-26(20)23-21)24-12-14-29-15-13-24/h1-7,16-17H,8-15H2. The minimum absolute atomic E-state index is 0.166. The van der Waals surface area contributed by atoms with Gasteiger partial charge in [0.1, 0.15) is 0 Å². The van der Waals surface area contributed by atoms with Crippen LogP contribution < -0.4 is 4.90 Å². The van der Waals surface area contributed by atoms with E-state index in [4.69, 9.17) is 14.8 Å². The number of pyridine rings is 1. The van der Waals surface area contributed by atoms with Gasteiger partial charge in [0.15, 0.2) is 11.5 Å². The first-order chi connectivity index (χ1) is 14.6. The Morgan fingerprint density at radius 1 is 0.933 bits per heavy atom. The molecule has 0 amide bonds. The third-order valence-corrected chi connectivity index (χ3v) is 7.82. The van der Waals surface area contributed by atoms with E-state index in [0.717, 1.165) is 56.3 Å². The predicted molar refractivity (Wildman–Crippen MR) is 113 cm³/mol. The third-order valence-electron chi connectivity index (χ3n) is 5.91. The van der Waals surface area contributed by atoms with Gasteiger partial charge in [-0.05, 0) is 37.1 Å². The fourth-order valence-corrected chi connectivity index (χ4v) is 5.66. The zero-order valence-electron chi connectivity index (χ0n) is 16.7. The zero-order chi connectivity index (χ0) is 20.6. The molecule has 0 unspecified atom stereocenters. The van der Waals surface area contributed by atoms with Crippen LogP contribution in [0, 0.1) is 0 Å². The quantitative estimate of drug-likeness (QED) is 0.635. The van der Waals surface area contributed by atoms with Crippen molar-refractivity contribution in [3.63, 3.8) is 0 Å². The van der Waals surface area contributed by atoms with Crippen LogP contribution in [-0.2, 0) is 14.8 Å². The fraction of sp³-hybridized carbons (Fsp3) is 0.429. The molecule has 0 saturated carbocycles. The number of anilines is 1. The molecule has 0 N–H and O–H groups in total. The molecule has 0 atom stereocenters. The molecule has 4 heterocycles. The van der Waals surface area contributed by atoms with E-state index >= 15 is 0 Å². The van der Waals surface area contributed by atoms with Crippen LogP contribution in [0.4, 0.5) is 5.69 Å². The lowest BCUT2D eigenvalue weighted by molar-refractivity contribution is 0.122. The van der Waals surface area contributed by atoms with Crippen molar-refractivity contribution in [2.45, 2.75) is 23.7 Å². The van der Waals surface area contributed by atoms with E-state index in [1.807, 2.05) is 22.8 Å². The molecule has 0 bridgehead atoms. The van der Waals surface area contributed by atoms with Crippen molar-refractivity contribution in [1.82, 2.24) is 18.9 Å². The minimum atomic E-state index is -3.44. The molecule has 2 aliphatic heterocycles. The van der Waals surface area contributed by atoms with Gasteiger partial charge in [-0.3, -0.25) is 0 Å². The summed E-state index contributed by atoms with van der Waals surface area (Å²) >= 11 is 0. The largest absolute Gasteiger partial charge is 0.378 e. The van der Waals surface area contributed by atoms with E-state index in [0.29, 0.717) is 18.0 Å². The number of piperidine rings is 1. The molecular weight excluding hydrogens is 402 g/mol. The number of sulfonamides is 1. The normalized spacial score (nSPS) is 19.4. The molecule has 9 heteroatoms. The Bertz CT molecular complexity index is 1120. The maximum atomic E-state index is 12.8.